The molecular formula is C12H18N2O2S. The highest BCUT2D eigenvalue weighted by Crippen LogP contribution is 2.30. The molecule has 0 aliphatic heterocycles. The molecule has 0 heterocycles. The average molecular weight is 254 g/mol. The Kier molecular flexibility index (Phi) is 3.25. The van der Waals surface area contributed by atoms with Gasteiger partial charge < -0.3 is 5.73 Å². The van der Waals surface area contributed by atoms with Crippen molar-refractivity contribution in [2.45, 2.75) is 37.2 Å². The van der Waals surface area contributed by atoms with Gasteiger partial charge in [-0.1, -0.05) is 6.07 Å². The normalized spacial score (nSPS) is 16.5. The molecule has 0 saturated heterocycles. The molecule has 0 aromatic heterocycles. The van der Waals surface area contributed by atoms with Gasteiger partial charge in [0.05, 0.1) is 4.90 Å². The third kappa shape index (κ3) is 2.36. The summed E-state index contributed by atoms with van der Waals surface area (Å²) < 4.78 is 26.0. The van der Waals surface area contributed by atoms with E-state index in [1.54, 1.807) is 25.2 Å². The minimum Gasteiger partial charge on any atom is -0.326 e. The predicted molar refractivity (Wildman–Crippen MR) is 67.0 cm³/mol. The van der Waals surface area contributed by atoms with E-state index in [9.17, 15) is 8.42 Å². The molecule has 17 heavy (non-hydrogen) atoms. The fourth-order valence-corrected chi connectivity index (χ4v) is 3.36. The van der Waals surface area contributed by atoms with Crippen LogP contribution in [0, 0.1) is 6.92 Å². The van der Waals surface area contributed by atoms with E-state index >= 15 is 0 Å². The second-order valence-corrected chi connectivity index (χ2v) is 6.54. The van der Waals surface area contributed by atoms with Gasteiger partial charge in [0.2, 0.25) is 10.0 Å². The molecule has 1 aromatic carbocycles. The van der Waals surface area contributed by atoms with Gasteiger partial charge in [-0.2, -0.15) is 4.31 Å². The van der Waals surface area contributed by atoms with Gasteiger partial charge in [0.15, 0.2) is 0 Å². The number of hydrogen-bond donors (Lipinski definition) is 1. The number of nitrogens with two attached hydrogens (primary N) is 1. The SMILES string of the molecule is Cc1cc(S(=O)(=O)N(C)C2CC2)ccc1CN. The maximum absolute atomic E-state index is 12.3. The molecule has 1 fully saturated rings. The number of sulfonamides is 1. The van der Waals surface area contributed by atoms with Crippen LogP contribution in [0.1, 0.15) is 24.0 Å². The summed E-state index contributed by atoms with van der Waals surface area (Å²) in [5, 5.41) is 0. The van der Waals surface area contributed by atoms with Crippen LogP contribution in [-0.4, -0.2) is 25.8 Å². The topological polar surface area (TPSA) is 63.4 Å². The summed E-state index contributed by atoms with van der Waals surface area (Å²) in [6, 6.07) is 5.33. The molecule has 5 heteroatoms. The zero-order valence-corrected chi connectivity index (χ0v) is 11.0. The Morgan fingerprint density at radius 2 is 2.06 bits per heavy atom. The summed E-state index contributed by atoms with van der Waals surface area (Å²) in [5.41, 5.74) is 7.48. The summed E-state index contributed by atoms with van der Waals surface area (Å²) in [5.74, 6) is 0. The first kappa shape index (κ1) is 12.5. The second kappa shape index (κ2) is 4.40. The van der Waals surface area contributed by atoms with Crippen molar-refractivity contribution in [1.29, 1.82) is 0 Å². The van der Waals surface area contributed by atoms with Crippen molar-refractivity contribution in [3.63, 3.8) is 0 Å². The lowest BCUT2D eigenvalue weighted by Crippen LogP contribution is -2.29. The molecule has 0 amide bonds. The van der Waals surface area contributed by atoms with Gasteiger partial charge in [0.25, 0.3) is 0 Å². The first-order valence-electron chi connectivity index (χ1n) is 5.74. The van der Waals surface area contributed by atoms with Crippen molar-refractivity contribution in [2.75, 3.05) is 7.05 Å². The number of hydrogen-bond acceptors (Lipinski definition) is 3. The van der Waals surface area contributed by atoms with Crippen molar-refractivity contribution >= 4 is 10.0 Å². The minimum atomic E-state index is -3.33. The van der Waals surface area contributed by atoms with Gasteiger partial charge in [-0.05, 0) is 43.0 Å². The number of aryl methyl sites for hydroxylation is 1. The van der Waals surface area contributed by atoms with Crippen LogP contribution in [0.4, 0.5) is 0 Å². The third-order valence-corrected chi connectivity index (χ3v) is 5.18. The molecule has 0 spiro atoms. The van der Waals surface area contributed by atoms with Gasteiger partial charge in [-0.25, -0.2) is 8.42 Å². The van der Waals surface area contributed by atoms with Crippen LogP contribution in [0.5, 0.6) is 0 Å². The molecule has 1 aliphatic rings. The number of rotatable bonds is 4. The highest BCUT2D eigenvalue weighted by molar-refractivity contribution is 7.89. The summed E-state index contributed by atoms with van der Waals surface area (Å²) in [7, 11) is -1.68. The van der Waals surface area contributed by atoms with Crippen molar-refractivity contribution in [2.24, 2.45) is 5.73 Å². The highest BCUT2D eigenvalue weighted by atomic mass is 32.2. The lowest BCUT2D eigenvalue weighted by atomic mass is 10.1. The van der Waals surface area contributed by atoms with Crippen LogP contribution in [0.3, 0.4) is 0 Å². The molecule has 0 radical (unpaired) electrons. The van der Waals surface area contributed by atoms with Gasteiger partial charge in [-0.15, -0.1) is 0 Å². The van der Waals surface area contributed by atoms with Crippen LogP contribution >= 0.6 is 0 Å². The molecular weight excluding hydrogens is 236 g/mol. The standard InChI is InChI=1S/C12H18N2O2S/c1-9-7-12(6-3-10(9)8-13)17(15,16)14(2)11-4-5-11/h3,6-7,11H,4-5,8,13H2,1-2H3. The lowest BCUT2D eigenvalue weighted by molar-refractivity contribution is 0.464. The van der Waals surface area contributed by atoms with Crippen molar-refractivity contribution in [3.8, 4) is 0 Å². The number of benzene rings is 1. The molecule has 1 aliphatic carbocycles. The molecule has 4 nitrogen and oxygen atoms in total. The maximum Gasteiger partial charge on any atom is 0.243 e. The van der Waals surface area contributed by atoms with E-state index < -0.39 is 10.0 Å². The fraction of sp³-hybridized carbons (Fsp3) is 0.500. The summed E-state index contributed by atoms with van der Waals surface area (Å²) >= 11 is 0. The Bertz CT molecular complexity index is 521. The largest absolute Gasteiger partial charge is 0.326 e. The molecule has 1 aromatic rings. The number of nitrogens with zero attached hydrogens (tertiary/aromatic N) is 1. The van der Waals surface area contributed by atoms with E-state index in [0.717, 1.165) is 24.0 Å². The quantitative estimate of drug-likeness (QED) is 0.879. The first-order valence-corrected chi connectivity index (χ1v) is 7.18. The van der Waals surface area contributed by atoms with Gasteiger partial charge in [0, 0.05) is 19.6 Å². The van der Waals surface area contributed by atoms with Crippen LogP contribution in [0.2, 0.25) is 0 Å². The monoisotopic (exact) mass is 254 g/mol. The summed E-state index contributed by atoms with van der Waals surface area (Å²) in [6.45, 7) is 2.32. The Labute approximate surface area is 102 Å². The molecule has 1 saturated carbocycles. The smallest absolute Gasteiger partial charge is 0.243 e. The predicted octanol–water partition coefficient (Wildman–Crippen LogP) is 1.24. The Morgan fingerprint density at radius 1 is 1.41 bits per heavy atom. The van der Waals surface area contributed by atoms with E-state index in [4.69, 9.17) is 5.73 Å². The van der Waals surface area contributed by atoms with Crippen LogP contribution in [0.25, 0.3) is 0 Å². The van der Waals surface area contributed by atoms with E-state index in [1.165, 1.54) is 4.31 Å². The van der Waals surface area contributed by atoms with Crippen molar-refractivity contribution in [1.82, 2.24) is 4.31 Å². The third-order valence-electron chi connectivity index (χ3n) is 3.27. The van der Waals surface area contributed by atoms with Gasteiger partial charge >= 0.3 is 0 Å². The minimum absolute atomic E-state index is 0.189. The van der Waals surface area contributed by atoms with Crippen molar-refractivity contribution < 1.29 is 8.42 Å². The van der Waals surface area contributed by atoms with E-state index in [1.807, 2.05) is 6.92 Å². The van der Waals surface area contributed by atoms with E-state index in [-0.39, 0.29) is 6.04 Å². The van der Waals surface area contributed by atoms with E-state index in [0.29, 0.717) is 11.4 Å². The Hall–Kier alpha value is -0.910. The molecule has 0 bridgehead atoms. The zero-order chi connectivity index (χ0) is 12.6. The maximum atomic E-state index is 12.3. The highest BCUT2D eigenvalue weighted by Gasteiger charge is 2.35. The zero-order valence-electron chi connectivity index (χ0n) is 10.2. The first-order chi connectivity index (χ1) is 7.96. The van der Waals surface area contributed by atoms with Crippen LogP contribution in [-0.2, 0) is 16.6 Å². The Balaban J connectivity index is 2.36. The molecule has 2 N–H and O–H groups in total. The Morgan fingerprint density at radius 3 is 2.53 bits per heavy atom. The molecule has 0 atom stereocenters. The second-order valence-electron chi connectivity index (χ2n) is 4.54. The van der Waals surface area contributed by atoms with Crippen LogP contribution in [0.15, 0.2) is 23.1 Å². The van der Waals surface area contributed by atoms with Gasteiger partial charge in [0.1, 0.15) is 0 Å². The van der Waals surface area contributed by atoms with E-state index in [2.05, 4.69) is 0 Å². The summed E-state index contributed by atoms with van der Waals surface area (Å²) in [6.07, 6.45) is 1.94. The summed E-state index contributed by atoms with van der Waals surface area (Å²) in [4.78, 5) is 0.363. The van der Waals surface area contributed by atoms with Crippen LogP contribution < -0.4 is 5.73 Å². The lowest BCUT2D eigenvalue weighted by Gasteiger charge is -2.17. The molecule has 94 valence electrons. The van der Waals surface area contributed by atoms with Gasteiger partial charge in [-0.3, -0.25) is 0 Å². The molecule has 0 unspecified atom stereocenters. The average Bonchev–Trinajstić information content (AvgIpc) is 3.11. The van der Waals surface area contributed by atoms with Crippen molar-refractivity contribution in [3.05, 3.63) is 29.3 Å². The fourth-order valence-electron chi connectivity index (χ4n) is 1.86. The molecule has 2 rings (SSSR count).